The van der Waals surface area contributed by atoms with Gasteiger partial charge in [0.1, 0.15) is 17.0 Å². The van der Waals surface area contributed by atoms with Crippen LogP contribution in [0.2, 0.25) is 5.15 Å². The molecule has 0 amide bonds. The summed E-state index contributed by atoms with van der Waals surface area (Å²) in [5.41, 5.74) is 6.07. The molecule has 16 heavy (non-hydrogen) atoms. The van der Waals surface area contributed by atoms with E-state index >= 15 is 0 Å². The summed E-state index contributed by atoms with van der Waals surface area (Å²) in [7, 11) is 0. The SMILES string of the molecule is NC(Cc1nc2n(c1Cl)CCCC2)C(=O)O. The fraction of sp³-hybridized carbons (Fsp3) is 0.600. The predicted molar refractivity (Wildman–Crippen MR) is 59.5 cm³/mol. The van der Waals surface area contributed by atoms with Crippen molar-refractivity contribution in [1.29, 1.82) is 0 Å². The van der Waals surface area contributed by atoms with Crippen LogP contribution >= 0.6 is 11.6 Å². The van der Waals surface area contributed by atoms with Gasteiger partial charge in [0.05, 0.1) is 5.69 Å². The average molecular weight is 244 g/mol. The summed E-state index contributed by atoms with van der Waals surface area (Å²) in [6.45, 7) is 0.865. The van der Waals surface area contributed by atoms with Crippen molar-refractivity contribution in [3.8, 4) is 0 Å². The standard InChI is InChI=1S/C10H14ClN3O2/c11-9-7(5-6(12)10(15)16)13-8-3-1-2-4-14(8)9/h6H,1-5,12H2,(H,15,16). The summed E-state index contributed by atoms with van der Waals surface area (Å²) >= 11 is 6.14. The second-order valence-electron chi connectivity index (χ2n) is 4.02. The number of aromatic nitrogens is 2. The Morgan fingerprint density at radius 2 is 2.38 bits per heavy atom. The molecule has 1 aliphatic heterocycles. The van der Waals surface area contributed by atoms with Gasteiger partial charge >= 0.3 is 5.97 Å². The first-order valence-corrected chi connectivity index (χ1v) is 5.69. The van der Waals surface area contributed by atoms with Crippen LogP contribution in [-0.2, 0) is 24.2 Å². The van der Waals surface area contributed by atoms with Gasteiger partial charge in [0.15, 0.2) is 0 Å². The number of aryl methyl sites for hydroxylation is 1. The highest BCUT2D eigenvalue weighted by molar-refractivity contribution is 6.30. The molecule has 2 rings (SSSR count). The zero-order valence-corrected chi connectivity index (χ0v) is 9.57. The summed E-state index contributed by atoms with van der Waals surface area (Å²) in [5.74, 6) is -0.0779. The molecule has 2 heterocycles. The molecule has 1 atom stereocenters. The molecule has 1 aliphatic rings. The summed E-state index contributed by atoms with van der Waals surface area (Å²) in [6.07, 6.45) is 3.29. The molecule has 0 radical (unpaired) electrons. The lowest BCUT2D eigenvalue weighted by atomic mass is 10.2. The number of nitrogens with zero attached hydrogens (tertiary/aromatic N) is 2. The first-order chi connectivity index (χ1) is 7.59. The number of imidazole rings is 1. The van der Waals surface area contributed by atoms with E-state index in [0.717, 1.165) is 31.6 Å². The van der Waals surface area contributed by atoms with Crippen molar-refractivity contribution in [3.63, 3.8) is 0 Å². The molecule has 0 spiro atoms. The van der Waals surface area contributed by atoms with Crippen LogP contribution < -0.4 is 5.73 Å². The van der Waals surface area contributed by atoms with Crippen LogP contribution in [0.15, 0.2) is 0 Å². The summed E-state index contributed by atoms with van der Waals surface area (Å²) in [4.78, 5) is 15.0. The van der Waals surface area contributed by atoms with E-state index in [9.17, 15) is 4.79 Å². The molecular weight excluding hydrogens is 230 g/mol. The summed E-state index contributed by atoms with van der Waals surface area (Å²) in [6, 6.07) is -0.936. The molecule has 0 saturated carbocycles. The number of nitrogens with two attached hydrogens (primary N) is 1. The van der Waals surface area contributed by atoms with E-state index in [1.807, 2.05) is 4.57 Å². The number of carboxylic acid groups (broad SMARTS) is 1. The summed E-state index contributed by atoms with van der Waals surface area (Å²) < 4.78 is 1.95. The van der Waals surface area contributed by atoms with Crippen molar-refractivity contribution >= 4 is 17.6 Å². The van der Waals surface area contributed by atoms with Gasteiger partial charge in [0.25, 0.3) is 0 Å². The Bertz CT molecular complexity index is 416. The van der Waals surface area contributed by atoms with Crippen LogP contribution in [0, 0.1) is 0 Å². The van der Waals surface area contributed by atoms with Crippen molar-refractivity contribution in [2.75, 3.05) is 0 Å². The van der Waals surface area contributed by atoms with Crippen LogP contribution in [0.3, 0.4) is 0 Å². The number of hydrogen-bond donors (Lipinski definition) is 2. The molecule has 1 aromatic rings. The first kappa shape index (κ1) is 11.4. The maximum atomic E-state index is 10.7. The minimum atomic E-state index is -1.03. The van der Waals surface area contributed by atoms with Gasteiger partial charge < -0.3 is 15.4 Å². The fourth-order valence-electron chi connectivity index (χ4n) is 1.93. The van der Waals surface area contributed by atoms with E-state index in [0.29, 0.717) is 10.8 Å². The number of hydrogen-bond acceptors (Lipinski definition) is 3. The van der Waals surface area contributed by atoms with Gasteiger partial charge in [0, 0.05) is 19.4 Å². The highest BCUT2D eigenvalue weighted by Gasteiger charge is 2.21. The molecule has 0 saturated heterocycles. The molecule has 5 nitrogen and oxygen atoms in total. The second kappa shape index (κ2) is 4.43. The highest BCUT2D eigenvalue weighted by atomic mass is 35.5. The molecule has 3 N–H and O–H groups in total. The minimum absolute atomic E-state index is 0.189. The van der Waals surface area contributed by atoms with Gasteiger partial charge in [-0.05, 0) is 12.8 Å². The zero-order valence-electron chi connectivity index (χ0n) is 8.82. The Balaban J connectivity index is 2.22. The topological polar surface area (TPSA) is 81.1 Å². The van der Waals surface area contributed by atoms with E-state index < -0.39 is 12.0 Å². The molecule has 0 bridgehead atoms. The number of carbonyl (C=O) groups is 1. The maximum absolute atomic E-state index is 10.7. The quantitative estimate of drug-likeness (QED) is 0.824. The zero-order chi connectivity index (χ0) is 11.7. The van der Waals surface area contributed by atoms with Crippen molar-refractivity contribution in [2.24, 2.45) is 5.73 Å². The Labute approximate surface area is 98.2 Å². The van der Waals surface area contributed by atoms with Crippen LogP contribution in [0.4, 0.5) is 0 Å². The lowest BCUT2D eigenvalue weighted by Crippen LogP contribution is -2.32. The third-order valence-corrected chi connectivity index (χ3v) is 3.24. The smallest absolute Gasteiger partial charge is 0.320 e. The van der Waals surface area contributed by atoms with Crippen LogP contribution in [-0.4, -0.2) is 26.7 Å². The number of rotatable bonds is 3. The monoisotopic (exact) mass is 243 g/mol. The molecular formula is C10H14ClN3O2. The Morgan fingerprint density at radius 1 is 1.62 bits per heavy atom. The van der Waals surface area contributed by atoms with Gasteiger partial charge in [-0.3, -0.25) is 4.79 Å². The van der Waals surface area contributed by atoms with E-state index in [1.165, 1.54) is 0 Å². The van der Waals surface area contributed by atoms with Gasteiger partial charge in [-0.1, -0.05) is 11.6 Å². The van der Waals surface area contributed by atoms with Gasteiger partial charge in [-0.2, -0.15) is 0 Å². The molecule has 88 valence electrons. The fourth-order valence-corrected chi connectivity index (χ4v) is 2.23. The Kier molecular flexibility index (Phi) is 3.16. The van der Waals surface area contributed by atoms with Crippen LogP contribution in [0.1, 0.15) is 24.4 Å². The van der Waals surface area contributed by atoms with Gasteiger partial charge in [0.2, 0.25) is 0 Å². The molecule has 1 unspecified atom stereocenters. The normalized spacial score (nSPS) is 16.9. The number of fused-ring (bicyclic) bond motifs is 1. The molecule has 1 aromatic heterocycles. The molecule has 0 aromatic carbocycles. The van der Waals surface area contributed by atoms with Crippen molar-refractivity contribution < 1.29 is 9.90 Å². The average Bonchev–Trinajstić information content (AvgIpc) is 2.56. The second-order valence-corrected chi connectivity index (χ2v) is 4.38. The maximum Gasteiger partial charge on any atom is 0.320 e. The van der Waals surface area contributed by atoms with Crippen molar-refractivity contribution in [2.45, 2.75) is 38.3 Å². The van der Waals surface area contributed by atoms with E-state index in [4.69, 9.17) is 22.4 Å². The van der Waals surface area contributed by atoms with E-state index in [-0.39, 0.29) is 6.42 Å². The molecule has 0 fully saturated rings. The Morgan fingerprint density at radius 3 is 3.00 bits per heavy atom. The number of halogens is 1. The predicted octanol–water partition coefficient (Wildman–Crippen LogP) is 0.827. The molecule has 6 heteroatoms. The Hall–Kier alpha value is -1.07. The third-order valence-electron chi connectivity index (χ3n) is 2.81. The van der Waals surface area contributed by atoms with Crippen LogP contribution in [0.5, 0.6) is 0 Å². The van der Waals surface area contributed by atoms with Gasteiger partial charge in [-0.25, -0.2) is 4.98 Å². The third kappa shape index (κ3) is 2.05. The molecule has 0 aliphatic carbocycles. The van der Waals surface area contributed by atoms with Crippen molar-refractivity contribution in [1.82, 2.24) is 9.55 Å². The lowest BCUT2D eigenvalue weighted by molar-refractivity contribution is -0.138. The largest absolute Gasteiger partial charge is 0.480 e. The highest BCUT2D eigenvalue weighted by Crippen LogP contribution is 2.24. The number of aliphatic carboxylic acids is 1. The minimum Gasteiger partial charge on any atom is -0.480 e. The first-order valence-electron chi connectivity index (χ1n) is 5.31. The summed E-state index contributed by atoms with van der Waals surface area (Å²) in [5, 5.41) is 9.28. The van der Waals surface area contributed by atoms with E-state index in [1.54, 1.807) is 0 Å². The van der Waals surface area contributed by atoms with E-state index in [2.05, 4.69) is 4.98 Å². The van der Waals surface area contributed by atoms with Crippen LogP contribution in [0.25, 0.3) is 0 Å². The lowest BCUT2D eigenvalue weighted by Gasteiger charge is -2.13. The van der Waals surface area contributed by atoms with Gasteiger partial charge in [-0.15, -0.1) is 0 Å². The number of carboxylic acids is 1. The van der Waals surface area contributed by atoms with Crippen molar-refractivity contribution in [3.05, 3.63) is 16.7 Å².